The van der Waals surface area contributed by atoms with E-state index in [2.05, 4.69) is 15.5 Å². The predicted octanol–water partition coefficient (Wildman–Crippen LogP) is 0.395. The molecule has 1 N–H and O–H groups in total. The lowest BCUT2D eigenvalue weighted by Crippen LogP contribution is -2.44. The normalized spacial score (nSPS) is 20.3. The Kier molecular flexibility index (Phi) is 4.13. The lowest BCUT2D eigenvalue weighted by molar-refractivity contribution is -0.134. The highest BCUT2D eigenvalue weighted by Gasteiger charge is 2.29. The Hall–Kier alpha value is -1.92. The van der Waals surface area contributed by atoms with Crippen molar-refractivity contribution in [3.63, 3.8) is 0 Å². The summed E-state index contributed by atoms with van der Waals surface area (Å²) in [5, 5.41) is 6.45. The van der Waals surface area contributed by atoms with Gasteiger partial charge in [-0.3, -0.25) is 9.59 Å². The van der Waals surface area contributed by atoms with Gasteiger partial charge in [-0.2, -0.15) is 4.98 Å². The van der Waals surface area contributed by atoms with Gasteiger partial charge in [-0.05, 0) is 13.3 Å². The Labute approximate surface area is 111 Å². The Balaban J connectivity index is 2.09. The summed E-state index contributed by atoms with van der Waals surface area (Å²) in [6, 6.07) is -0.441. The SMILES string of the molecule is CCCC1NC(=O)CCN(Cc2nc(C)no2)C1=O. The minimum atomic E-state index is -0.441. The zero-order valence-electron chi connectivity index (χ0n) is 11.2. The van der Waals surface area contributed by atoms with Crippen LogP contribution in [0.15, 0.2) is 4.52 Å². The fraction of sp³-hybridized carbons (Fsp3) is 0.667. The molecule has 2 rings (SSSR count). The van der Waals surface area contributed by atoms with E-state index in [9.17, 15) is 9.59 Å². The van der Waals surface area contributed by atoms with Crippen LogP contribution in [0, 0.1) is 6.92 Å². The molecule has 0 saturated carbocycles. The van der Waals surface area contributed by atoms with Gasteiger partial charge in [0, 0.05) is 13.0 Å². The van der Waals surface area contributed by atoms with Crippen molar-refractivity contribution in [1.29, 1.82) is 0 Å². The molecule has 0 spiro atoms. The van der Waals surface area contributed by atoms with E-state index in [4.69, 9.17) is 4.52 Å². The maximum absolute atomic E-state index is 12.3. The van der Waals surface area contributed by atoms with Gasteiger partial charge >= 0.3 is 0 Å². The lowest BCUT2D eigenvalue weighted by Gasteiger charge is -2.22. The molecular weight excluding hydrogens is 248 g/mol. The molecule has 104 valence electrons. The molecule has 1 aliphatic heterocycles. The largest absolute Gasteiger partial charge is 0.344 e. The van der Waals surface area contributed by atoms with Crippen LogP contribution in [0.2, 0.25) is 0 Å². The summed E-state index contributed by atoms with van der Waals surface area (Å²) in [6.07, 6.45) is 1.78. The molecule has 1 saturated heterocycles. The van der Waals surface area contributed by atoms with Crippen molar-refractivity contribution >= 4 is 11.8 Å². The van der Waals surface area contributed by atoms with Gasteiger partial charge in [-0.25, -0.2) is 0 Å². The molecule has 0 bridgehead atoms. The van der Waals surface area contributed by atoms with Gasteiger partial charge in [0.15, 0.2) is 5.82 Å². The van der Waals surface area contributed by atoms with Gasteiger partial charge in [0.1, 0.15) is 12.6 Å². The molecule has 1 fully saturated rings. The van der Waals surface area contributed by atoms with E-state index in [-0.39, 0.29) is 18.4 Å². The summed E-state index contributed by atoms with van der Waals surface area (Å²) in [5.41, 5.74) is 0. The summed E-state index contributed by atoms with van der Waals surface area (Å²) in [7, 11) is 0. The molecule has 0 aliphatic carbocycles. The second-order valence-electron chi connectivity index (χ2n) is 4.65. The highest BCUT2D eigenvalue weighted by atomic mass is 16.5. The third kappa shape index (κ3) is 3.30. The van der Waals surface area contributed by atoms with Crippen LogP contribution in [0.25, 0.3) is 0 Å². The molecule has 7 nitrogen and oxygen atoms in total. The molecule has 19 heavy (non-hydrogen) atoms. The molecule has 1 atom stereocenters. The van der Waals surface area contributed by atoms with Crippen LogP contribution >= 0.6 is 0 Å². The van der Waals surface area contributed by atoms with Crippen molar-refractivity contribution in [2.75, 3.05) is 6.54 Å². The number of amides is 2. The number of hydrogen-bond donors (Lipinski definition) is 1. The van der Waals surface area contributed by atoms with Crippen molar-refractivity contribution in [1.82, 2.24) is 20.4 Å². The number of nitrogens with zero attached hydrogens (tertiary/aromatic N) is 3. The maximum Gasteiger partial charge on any atom is 0.246 e. The van der Waals surface area contributed by atoms with E-state index in [1.807, 2.05) is 6.92 Å². The third-order valence-corrected chi connectivity index (χ3v) is 3.03. The van der Waals surface area contributed by atoms with E-state index < -0.39 is 6.04 Å². The summed E-state index contributed by atoms with van der Waals surface area (Å²) >= 11 is 0. The van der Waals surface area contributed by atoms with E-state index in [1.165, 1.54) is 0 Å². The number of aryl methyl sites for hydroxylation is 1. The summed E-state index contributed by atoms with van der Waals surface area (Å²) < 4.78 is 5.02. The highest BCUT2D eigenvalue weighted by molar-refractivity contribution is 5.89. The quantitative estimate of drug-likeness (QED) is 0.852. The average Bonchev–Trinajstić information content (AvgIpc) is 2.73. The van der Waals surface area contributed by atoms with Crippen LogP contribution < -0.4 is 5.32 Å². The molecule has 1 aromatic heterocycles. The molecule has 1 aromatic rings. The Morgan fingerprint density at radius 3 is 2.89 bits per heavy atom. The van der Waals surface area contributed by atoms with E-state index in [0.29, 0.717) is 31.1 Å². The molecular formula is C12H18N4O3. The number of carbonyl (C=O) groups excluding carboxylic acids is 2. The van der Waals surface area contributed by atoms with Crippen molar-refractivity contribution < 1.29 is 14.1 Å². The lowest BCUT2D eigenvalue weighted by atomic mass is 10.1. The number of carbonyl (C=O) groups is 2. The van der Waals surface area contributed by atoms with Crippen molar-refractivity contribution in [3.8, 4) is 0 Å². The minimum absolute atomic E-state index is 0.0800. The van der Waals surface area contributed by atoms with Crippen LogP contribution in [0.3, 0.4) is 0 Å². The molecule has 7 heteroatoms. The molecule has 0 aromatic carbocycles. The Morgan fingerprint density at radius 1 is 1.47 bits per heavy atom. The smallest absolute Gasteiger partial charge is 0.246 e. The predicted molar refractivity (Wildman–Crippen MR) is 65.9 cm³/mol. The number of aromatic nitrogens is 2. The minimum Gasteiger partial charge on any atom is -0.344 e. The fourth-order valence-corrected chi connectivity index (χ4v) is 2.10. The van der Waals surface area contributed by atoms with Crippen LogP contribution in [0.5, 0.6) is 0 Å². The van der Waals surface area contributed by atoms with Gasteiger partial charge in [0.2, 0.25) is 17.7 Å². The van der Waals surface area contributed by atoms with Crippen LogP contribution in [0.4, 0.5) is 0 Å². The van der Waals surface area contributed by atoms with Crippen molar-refractivity contribution in [2.24, 2.45) is 0 Å². The first-order valence-corrected chi connectivity index (χ1v) is 6.47. The zero-order chi connectivity index (χ0) is 13.8. The molecule has 1 unspecified atom stereocenters. The van der Waals surface area contributed by atoms with E-state index in [0.717, 1.165) is 6.42 Å². The molecule has 0 radical (unpaired) electrons. The molecule has 2 amide bonds. The first-order chi connectivity index (χ1) is 9.10. The molecule has 2 heterocycles. The van der Waals surface area contributed by atoms with Crippen LogP contribution in [0.1, 0.15) is 37.9 Å². The Morgan fingerprint density at radius 2 is 2.26 bits per heavy atom. The Bertz CT molecular complexity index is 471. The summed E-state index contributed by atoms with van der Waals surface area (Å²) in [5.74, 6) is 0.770. The number of rotatable bonds is 4. The zero-order valence-corrected chi connectivity index (χ0v) is 11.2. The topological polar surface area (TPSA) is 88.3 Å². The second kappa shape index (κ2) is 5.81. The summed E-state index contributed by atoms with van der Waals surface area (Å²) in [6.45, 7) is 4.35. The van der Waals surface area contributed by atoms with E-state index >= 15 is 0 Å². The van der Waals surface area contributed by atoms with Gasteiger partial charge in [-0.15, -0.1) is 0 Å². The van der Waals surface area contributed by atoms with Gasteiger partial charge in [-0.1, -0.05) is 18.5 Å². The monoisotopic (exact) mass is 266 g/mol. The number of nitrogens with one attached hydrogen (secondary N) is 1. The fourth-order valence-electron chi connectivity index (χ4n) is 2.10. The summed E-state index contributed by atoms with van der Waals surface area (Å²) in [4.78, 5) is 29.6. The third-order valence-electron chi connectivity index (χ3n) is 3.03. The van der Waals surface area contributed by atoms with Gasteiger partial charge in [0.25, 0.3) is 0 Å². The van der Waals surface area contributed by atoms with Gasteiger partial charge in [0.05, 0.1) is 0 Å². The van der Waals surface area contributed by atoms with E-state index in [1.54, 1.807) is 11.8 Å². The first-order valence-electron chi connectivity index (χ1n) is 6.47. The number of hydrogen-bond acceptors (Lipinski definition) is 5. The van der Waals surface area contributed by atoms with Crippen LogP contribution in [-0.2, 0) is 16.1 Å². The van der Waals surface area contributed by atoms with Crippen molar-refractivity contribution in [3.05, 3.63) is 11.7 Å². The first kappa shape index (κ1) is 13.5. The maximum atomic E-state index is 12.3. The second-order valence-corrected chi connectivity index (χ2v) is 4.65. The average molecular weight is 266 g/mol. The molecule has 1 aliphatic rings. The van der Waals surface area contributed by atoms with Crippen molar-refractivity contribution in [2.45, 2.75) is 45.7 Å². The standard InChI is InChI=1S/C12H18N4O3/c1-3-4-9-12(18)16(6-5-10(17)14-9)7-11-13-8(2)15-19-11/h9H,3-7H2,1-2H3,(H,14,17). The van der Waals surface area contributed by atoms with Crippen LogP contribution in [-0.4, -0.2) is 39.4 Å². The van der Waals surface area contributed by atoms with Gasteiger partial charge < -0.3 is 14.7 Å². The highest BCUT2D eigenvalue weighted by Crippen LogP contribution is 2.11.